The molecule has 2 aromatic carbocycles. The van der Waals surface area contributed by atoms with Crippen LogP contribution in [0.2, 0.25) is 5.02 Å². The van der Waals surface area contributed by atoms with Gasteiger partial charge in [-0.1, -0.05) is 23.7 Å². The van der Waals surface area contributed by atoms with Crippen LogP contribution in [-0.4, -0.2) is 0 Å². The zero-order chi connectivity index (χ0) is 13.3. The maximum atomic E-state index is 13.6. The lowest BCUT2D eigenvalue weighted by atomic mass is 9.98. The van der Waals surface area contributed by atoms with Crippen molar-refractivity contribution in [3.05, 3.63) is 70.0 Å². The first-order valence-electron chi connectivity index (χ1n) is 5.15. The van der Waals surface area contributed by atoms with Crippen molar-refractivity contribution in [3.63, 3.8) is 0 Å². The Morgan fingerprint density at radius 1 is 1.00 bits per heavy atom. The SMILES string of the molecule is NC(c1ccc(F)cc1F)c1c(F)cccc1Cl. The standard InChI is InChI=1S/C13H9ClF3N/c14-9-2-1-3-10(16)12(9)13(18)8-5-4-7(15)6-11(8)17/h1-6,13H,18H2. The van der Waals surface area contributed by atoms with Gasteiger partial charge >= 0.3 is 0 Å². The summed E-state index contributed by atoms with van der Waals surface area (Å²) >= 11 is 5.84. The highest BCUT2D eigenvalue weighted by atomic mass is 35.5. The van der Waals surface area contributed by atoms with E-state index in [0.29, 0.717) is 6.07 Å². The molecule has 1 atom stereocenters. The van der Waals surface area contributed by atoms with Gasteiger partial charge in [0, 0.05) is 22.2 Å². The summed E-state index contributed by atoms with van der Waals surface area (Å²) in [5.41, 5.74) is 5.76. The van der Waals surface area contributed by atoms with Gasteiger partial charge in [-0.15, -0.1) is 0 Å². The summed E-state index contributed by atoms with van der Waals surface area (Å²) in [6.45, 7) is 0. The van der Waals surface area contributed by atoms with E-state index in [1.54, 1.807) is 0 Å². The van der Waals surface area contributed by atoms with Crippen molar-refractivity contribution in [2.45, 2.75) is 6.04 Å². The van der Waals surface area contributed by atoms with Crippen LogP contribution >= 0.6 is 11.6 Å². The molecule has 2 aromatic rings. The van der Waals surface area contributed by atoms with Crippen LogP contribution in [0.1, 0.15) is 17.2 Å². The van der Waals surface area contributed by atoms with E-state index in [2.05, 4.69) is 0 Å². The Balaban J connectivity index is 2.51. The van der Waals surface area contributed by atoms with Crippen LogP contribution in [0.25, 0.3) is 0 Å². The third kappa shape index (κ3) is 2.35. The molecule has 1 unspecified atom stereocenters. The first-order valence-corrected chi connectivity index (χ1v) is 5.53. The van der Waals surface area contributed by atoms with Crippen molar-refractivity contribution in [3.8, 4) is 0 Å². The van der Waals surface area contributed by atoms with E-state index in [1.807, 2.05) is 0 Å². The lowest BCUT2D eigenvalue weighted by Gasteiger charge is -2.15. The maximum Gasteiger partial charge on any atom is 0.131 e. The third-order valence-electron chi connectivity index (χ3n) is 2.61. The molecule has 0 saturated heterocycles. The molecule has 0 bridgehead atoms. The van der Waals surface area contributed by atoms with Gasteiger partial charge in [0.1, 0.15) is 17.5 Å². The van der Waals surface area contributed by atoms with Gasteiger partial charge in [-0.25, -0.2) is 13.2 Å². The topological polar surface area (TPSA) is 26.0 Å². The molecule has 1 nitrogen and oxygen atoms in total. The molecular weight excluding hydrogens is 263 g/mol. The lowest BCUT2D eigenvalue weighted by molar-refractivity contribution is 0.557. The molecule has 0 aliphatic carbocycles. The Morgan fingerprint density at radius 3 is 2.33 bits per heavy atom. The number of hydrogen-bond donors (Lipinski definition) is 1. The fourth-order valence-electron chi connectivity index (χ4n) is 1.72. The molecule has 2 rings (SSSR count). The number of nitrogens with two attached hydrogens (primary N) is 1. The number of hydrogen-bond acceptors (Lipinski definition) is 1. The first kappa shape index (κ1) is 12.9. The molecule has 2 N–H and O–H groups in total. The second kappa shape index (κ2) is 5.00. The largest absolute Gasteiger partial charge is 0.320 e. The summed E-state index contributed by atoms with van der Waals surface area (Å²) in [5.74, 6) is -2.18. The highest BCUT2D eigenvalue weighted by Crippen LogP contribution is 2.30. The van der Waals surface area contributed by atoms with Gasteiger partial charge < -0.3 is 5.73 Å². The van der Waals surface area contributed by atoms with Gasteiger partial charge in [-0.3, -0.25) is 0 Å². The highest BCUT2D eigenvalue weighted by molar-refractivity contribution is 6.31. The molecule has 0 fully saturated rings. The first-order chi connectivity index (χ1) is 8.50. The zero-order valence-corrected chi connectivity index (χ0v) is 9.89. The van der Waals surface area contributed by atoms with E-state index < -0.39 is 23.5 Å². The van der Waals surface area contributed by atoms with Crippen molar-refractivity contribution in [1.82, 2.24) is 0 Å². The maximum absolute atomic E-state index is 13.6. The van der Waals surface area contributed by atoms with Crippen LogP contribution in [0.15, 0.2) is 36.4 Å². The van der Waals surface area contributed by atoms with E-state index >= 15 is 0 Å². The van der Waals surface area contributed by atoms with Crippen LogP contribution in [0.4, 0.5) is 13.2 Å². The Hall–Kier alpha value is -1.52. The van der Waals surface area contributed by atoms with E-state index in [9.17, 15) is 13.2 Å². The Bertz CT molecular complexity index is 566. The molecule has 0 aliphatic rings. The van der Waals surface area contributed by atoms with Gasteiger partial charge in [0.05, 0.1) is 6.04 Å². The van der Waals surface area contributed by atoms with Crippen LogP contribution in [-0.2, 0) is 0 Å². The van der Waals surface area contributed by atoms with Crippen LogP contribution in [0.3, 0.4) is 0 Å². The summed E-state index contributed by atoms with van der Waals surface area (Å²) in [7, 11) is 0. The minimum atomic E-state index is -1.08. The zero-order valence-electron chi connectivity index (χ0n) is 9.13. The van der Waals surface area contributed by atoms with E-state index in [0.717, 1.165) is 6.07 Å². The minimum absolute atomic E-state index is 0.00956. The summed E-state index contributed by atoms with van der Waals surface area (Å²) in [5, 5.41) is 0.103. The average molecular weight is 272 g/mol. The van der Waals surface area contributed by atoms with Crippen LogP contribution in [0.5, 0.6) is 0 Å². The van der Waals surface area contributed by atoms with Gasteiger partial charge in [0.2, 0.25) is 0 Å². The smallest absolute Gasteiger partial charge is 0.131 e. The minimum Gasteiger partial charge on any atom is -0.320 e. The molecule has 0 heterocycles. The molecule has 0 saturated carbocycles. The van der Waals surface area contributed by atoms with E-state index in [4.69, 9.17) is 17.3 Å². The van der Waals surface area contributed by atoms with Gasteiger partial charge in [-0.2, -0.15) is 0 Å². The molecule has 0 aliphatic heterocycles. The normalized spacial score (nSPS) is 12.5. The summed E-state index contributed by atoms with van der Waals surface area (Å²) in [6, 6.07) is 5.92. The molecule has 0 spiro atoms. The average Bonchev–Trinajstić information content (AvgIpc) is 2.28. The van der Waals surface area contributed by atoms with Crippen molar-refractivity contribution in [2.24, 2.45) is 5.73 Å². The molecule has 94 valence electrons. The van der Waals surface area contributed by atoms with Gasteiger partial charge in [0.15, 0.2) is 0 Å². The summed E-state index contributed by atoms with van der Waals surface area (Å²) < 4.78 is 40.0. The predicted octanol–water partition coefficient (Wildman–Crippen LogP) is 3.81. The van der Waals surface area contributed by atoms with Crippen molar-refractivity contribution in [2.75, 3.05) is 0 Å². The van der Waals surface area contributed by atoms with Gasteiger partial charge in [-0.05, 0) is 18.2 Å². The molecule has 5 heteroatoms. The van der Waals surface area contributed by atoms with E-state index in [-0.39, 0.29) is 16.1 Å². The Morgan fingerprint density at radius 2 is 1.72 bits per heavy atom. The monoisotopic (exact) mass is 271 g/mol. The van der Waals surface area contributed by atoms with Crippen molar-refractivity contribution >= 4 is 11.6 Å². The number of rotatable bonds is 2. The second-order valence-electron chi connectivity index (χ2n) is 3.78. The molecule has 0 aromatic heterocycles. The lowest BCUT2D eigenvalue weighted by Crippen LogP contribution is -2.16. The number of benzene rings is 2. The quantitative estimate of drug-likeness (QED) is 0.883. The van der Waals surface area contributed by atoms with Crippen molar-refractivity contribution < 1.29 is 13.2 Å². The van der Waals surface area contributed by atoms with Gasteiger partial charge in [0.25, 0.3) is 0 Å². The van der Waals surface area contributed by atoms with Crippen molar-refractivity contribution in [1.29, 1.82) is 0 Å². The molecule has 0 amide bonds. The Kier molecular flexibility index (Phi) is 3.59. The molecule has 18 heavy (non-hydrogen) atoms. The fourth-order valence-corrected chi connectivity index (χ4v) is 2.00. The summed E-state index contributed by atoms with van der Waals surface area (Å²) in [4.78, 5) is 0. The predicted molar refractivity (Wildman–Crippen MR) is 63.8 cm³/mol. The van der Waals surface area contributed by atoms with E-state index in [1.165, 1.54) is 24.3 Å². The highest BCUT2D eigenvalue weighted by Gasteiger charge is 2.20. The summed E-state index contributed by atoms with van der Waals surface area (Å²) in [6.07, 6.45) is 0. The fraction of sp³-hybridized carbons (Fsp3) is 0.0769. The number of halogens is 4. The molecular formula is C13H9ClF3N. The second-order valence-corrected chi connectivity index (χ2v) is 4.19. The molecule has 0 radical (unpaired) electrons. The Labute approximate surface area is 107 Å². The van der Waals surface area contributed by atoms with Crippen LogP contribution < -0.4 is 5.73 Å². The third-order valence-corrected chi connectivity index (χ3v) is 2.94. The van der Waals surface area contributed by atoms with Crippen LogP contribution in [0, 0.1) is 17.5 Å².